The van der Waals surface area contributed by atoms with Crippen LogP contribution in [0.3, 0.4) is 0 Å². The first-order valence-corrected chi connectivity index (χ1v) is 11.4. The van der Waals surface area contributed by atoms with Gasteiger partial charge in [-0.1, -0.05) is 0 Å². The molecule has 2 aromatic heterocycles. The Kier molecular flexibility index (Phi) is 6.13. The summed E-state index contributed by atoms with van der Waals surface area (Å²) in [6, 6.07) is -0.185. The lowest BCUT2D eigenvalue weighted by Gasteiger charge is -2.31. The van der Waals surface area contributed by atoms with Crippen molar-refractivity contribution in [1.82, 2.24) is 29.2 Å². The first-order valence-electron chi connectivity index (χ1n) is 9.98. The van der Waals surface area contributed by atoms with E-state index < -0.39 is 10.0 Å². The number of rotatable bonds is 6. The number of sulfonamides is 1. The molecular weight excluding hydrogens is 392 g/mol. The molecule has 0 spiro atoms. The highest BCUT2D eigenvalue weighted by Gasteiger charge is 2.35. The summed E-state index contributed by atoms with van der Waals surface area (Å²) in [5, 5.41) is 11.4. The number of hydrogen-bond donors (Lipinski definition) is 1. The summed E-state index contributed by atoms with van der Waals surface area (Å²) >= 11 is 0. The SMILES string of the molecule is CCn1ncc([C@@H](C)NC(=O)[C@@H]2CCCN(S(=O)(=O)c3cnn(C)c3C)C2)c1C. The number of carbonyl (C=O) groups is 1. The van der Waals surface area contributed by atoms with Crippen LogP contribution in [-0.4, -0.2) is 51.3 Å². The highest BCUT2D eigenvalue weighted by Crippen LogP contribution is 2.26. The molecule has 2 aromatic rings. The predicted octanol–water partition coefficient (Wildman–Crippen LogP) is 1.53. The van der Waals surface area contributed by atoms with Crippen molar-refractivity contribution >= 4 is 15.9 Å². The number of amides is 1. The number of aryl methyl sites for hydroxylation is 2. The van der Waals surface area contributed by atoms with Crippen LogP contribution in [-0.2, 0) is 28.4 Å². The van der Waals surface area contributed by atoms with Gasteiger partial charge in [-0.15, -0.1) is 0 Å². The Morgan fingerprint density at radius 1 is 1.28 bits per heavy atom. The lowest BCUT2D eigenvalue weighted by atomic mass is 9.98. The van der Waals surface area contributed by atoms with Crippen LogP contribution in [0.4, 0.5) is 0 Å². The Morgan fingerprint density at radius 3 is 2.59 bits per heavy atom. The van der Waals surface area contributed by atoms with Gasteiger partial charge < -0.3 is 5.32 Å². The average Bonchev–Trinajstić information content (AvgIpc) is 3.24. The monoisotopic (exact) mass is 422 g/mol. The lowest BCUT2D eigenvalue weighted by molar-refractivity contribution is -0.126. The normalized spacial score (nSPS) is 19.3. The topological polar surface area (TPSA) is 102 Å². The van der Waals surface area contributed by atoms with Gasteiger partial charge in [-0.25, -0.2) is 8.42 Å². The van der Waals surface area contributed by atoms with Crippen LogP contribution in [0.25, 0.3) is 0 Å². The molecule has 0 radical (unpaired) electrons. The first kappa shape index (κ1) is 21.5. The van der Waals surface area contributed by atoms with Gasteiger partial charge in [0.25, 0.3) is 0 Å². The van der Waals surface area contributed by atoms with Crippen LogP contribution in [0.15, 0.2) is 17.3 Å². The molecule has 29 heavy (non-hydrogen) atoms. The molecule has 0 aromatic carbocycles. The summed E-state index contributed by atoms with van der Waals surface area (Å²) in [5.74, 6) is -0.497. The molecular formula is C19H30N6O3S. The van der Waals surface area contributed by atoms with Gasteiger partial charge in [0.2, 0.25) is 15.9 Å². The van der Waals surface area contributed by atoms with Gasteiger partial charge in [0.1, 0.15) is 4.90 Å². The molecule has 0 aliphatic carbocycles. The highest BCUT2D eigenvalue weighted by molar-refractivity contribution is 7.89. The van der Waals surface area contributed by atoms with Gasteiger partial charge in [-0.05, 0) is 40.5 Å². The highest BCUT2D eigenvalue weighted by atomic mass is 32.2. The second-order valence-corrected chi connectivity index (χ2v) is 9.56. The van der Waals surface area contributed by atoms with Gasteiger partial charge in [0.15, 0.2) is 0 Å². The van der Waals surface area contributed by atoms with Crippen molar-refractivity contribution in [2.24, 2.45) is 13.0 Å². The van der Waals surface area contributed by atoms with Crippen molar-refractivity contribution in [2.75, 3.05) is 13.1 Å². The molecule has 0 saturated carbocycles. The quantitative estimate of drug-likeness (QED) is 0.761. The molecule has 2 atom stereocenters. The minimum atomic E-state index is -3.67. The maximum atomic E-state index is 13.0. The van der Waals surface area contributed by atoms with Crippen molar-refractivity contribution < 1.29 is 13.2 Å². The summed E-state index contributed by atoms with van der Waals surface area (Å²) < 4.78 is 30.9. The van der Waals surface area contributed by atoms with E-state index in [1.54, 1.807) is 24.9 Å². The molecule has 1 saturated heterocycles. The molecule has 1 fully saturated rings. The van der Waals surface area contributed by atoms with Crippen molar-refractivity contribution in [3.63, 3.8) is 0 Å². The van der Waals surface area contributed by atoms with E-state index in [9.17, 15) is 13.2 Å². The second kappa shape index (κ2) is 8.27. The molecule has 1 N–H and O–H groups in total. The number of piperidine rings is 1. The largest absolute Gasteiger partial charge is 0.349 e. The molecule has 160 valence electrons. The zero-order valence-electron chi connectivity index (χ0n) is 17.7. The number of carbonyl (C=O) groups excluding carboxylic acids is 1. The van der Waals surface area contributed by atoms with E-state index in [2.05, 4.69) is 15.5 Å². The summed E-state index contributed by atoms with van der Waals surface area (Å²) in [6.45, 7) is 9.04. The van der Waals surface area contributed by atoms with Crippen LogP contribution in [0.2, 0.25) is 0 Å². The number of aromatic nitrogens is 4. The second-order valence-electron chi connectivity index (χ2n) is 7.65. The van der Waals surface area contributed by atoms with Gasteiger partial charge >= 0.3 is 0 Å². The number of nitrogens with zero attached hydrogens (tertiary/aromatic N) is 5. The number of nitrogens with one attached hydrogen (secondary N) is 1. The van der Waals surface area contributed by atoms with Crippen molar-refractivity contribution in [2.45, 2.75) is 58.0 Å². The fraction of sp³-hybridized carbons (Fsp3) is 0.632. The Labute approximate surface area is 172 Å². The minimum absolute atomic E-state index is 0.121. The average molecular weight is 423 g/mol. The molecule has 10 heteroatoms. The molecule has 1 amide bonds. The summed E-state index contributed by atoms with van der Waals surface area (Å²) in [4.78, 5) is 13.1. The Balaban J connectivity index is 1.70. The van der Waals surface area contributed by atoms with E-state index in [1.807, 2.05) is 25.5 Å². The third-order valence-electron chi connectivity index (χ3n) is 5.83. The van der Waals surface area contributed by atoms with Gasteiger partial charge in [0, 0.05) is 37.9 Å². The molecule has 3 rings (SSSR count). The van der Waals surface area contributed by atoms with Crippen LogP contribution < -0.4 is 5.32 Å². The fourth-order valence-electron chi connectivity index (χ4n) is 3.86. The molecule has 0 bridgehead atoms. The molecule has 9 nitrogen and oxygen atoms in total. The van der Waals surface area contributed by atoms with E-state index in [0.29, 0.717) is 25.1 Å². The van der Waals surface area contributed by atoms with Gasteiger partial charge in [-0.3, -0.25) is 14.2 Å². The first-order chi connectivity index (χ1) is 13.7. The Bertz CT molecular complexity index is 994. The standard InChI is InChI=1S/C19H30N6O3S/c1-6-25-14(3)17(10-21-25)13(2)22-19(26)16-8-7-9-24(12-16)29(27,28)18-11-20-23(5)15(18)4/h10-11,13,16H,6-9,12H2,1-5H3,(H,22,26)/t13-,16-/m1/s1. The van der Waals surface area contributed by atoms with E-state index in [0.717, 1.165) is 17.8 Å². The third kappa shape index (κ3) is 4.09. The maximum absolute atomic E-state index is 13.0. The lowest BCUT2D eigenvalue weighted by Crippen LogP contribution is -2.45. The Hall–Kier alpha value is -2.20. The summed E-state index contributed by atoms with van der Waals surface area (Å²) in [5.41, 5.74) is 2.60. The van der Waals surface area contributed by atoms with Crippen LogP contribution >= 0.6 is 0 Å². The smallest absolute Gasteiger partial charge is 0.246 e. The minimum Gasteiger partial charge on any atom is -0.349 e. The molecule has 3 heterocycles. The van der Waals surface area contributed by atoms with Crippen molar-refractivity contribution in [3.05, 3.63) is 29.3 Å². The van der Waals surface area contributed by atoms with Crippen LogP contribution in [0.5, 0.6) is 0 Å². The molecule has 1 aliphatic heterocycles. The predicted molar refractivity (Wildman–Crippen MR) is 109 cm³/mol. The van der Waals surface area contributed by atoms with E-state index in [1.165, 1.54) is 10.5 Å². The Morgan fingerprint density at radius 2 is 2.00 bits per heavy atom. The zero-order chi connectivity index (χ0) is 21.3. The maximum Gasteiger partial charge on any atom is 0.246 e. The van der Waals surface area contributed by atoms with Crippen molar-refractivity contribution in [3.8, 4) is 0 Å². The van der Waals surface area contributed by atoms with Crippen LogP contribution in [0.1, 0.15) is 49.7 Å². The summed E-state index contributed by atoms with van der Waals surface area (Å²) in [7, 11) is -1.96. The summed E-state index contributed by atoms with van der Waals surface area (Å²) in [6.07, 6.45) is 4.48. The third-order valence-corrected chi connectivity index (χ3v) is 7.80. The molecule has 0 unspecified atom stereocenters. The van der Waals surface area contributed by atoms with E-state index >= 15 is 0 Å². The van der Waals surface area contributed by atoms with Gasteiger partial charge in [0.05, 0.1) is 30.0 Å². The fourth-order valence-corrected chi connectivity index (χ4v) is 5.57. The van der Waals surface area contributed by atoms with E-state index in [4.69, 9.17) is 0 Å². The van der Waals surface area contributed by atoms with Crippen LogP contribution in [0, 0.1) is 19.8 Å². The molecule has 1 aliphatic rings. The van der Waals surface area contributed by atoms with Gasteiger partial charge in [-0.2, -0.15) is 14.5 Å². The van der Waals surface area contributed by atoms with E-state index in [-0.39, 0.29) is 29.3 Å². The number of hydrogen-bond acceptors (Lipinski definition) is 5. The zero-order valence-corrected chi connectivity index (χ0v) is 18.5. The van der Waals surface area contributed by atoms with Crippen molar-refractivity contribution in [1.29, 1.82) is 0 Å².